The summed E-state index contributed by atoms with van der Waals surface area (Å²) in [7, 11) is 0.244. The predicted molar refractivity (Wildman–Crippen MR) is 46.6 cm³/mol. The van der Waals surface area contributed by atoms with Gasteiger partial charge in [-0.2, -0.15) is 0 Å². The van der Waals surface area contributed by atoms with Crippen molar-refractivity contribution in [3.8, 4) is 0 Å². The second kappa shape index (κ2) is 3.86. The lowest BCUT2D eigenvalue weighted by Gasteiger charge is -2.06. The van der Waals surface area contributed by atoms with Gasteiger partial charge in [-0.25, -0.2) is 26.6 Å². The van der Waals surface area contributed by atoms with Gasteiger partial charge in [-0.3, -0.25) is 0 Å². The first-order valence-corrected chi connectivity index (χ1v) is 5.73. The van der Waals surface area contributed by atoms with Crippen molar-refractivity contribution in [3.05, 3.63) is 17.4 Å². The minimum atomic E-state index is -4.56. The number of nitrogen functional groups attached to an aromatic ring is 1. The molecule has 2 N–H and O–H groups in total. The highest BCUT2D eigenvalue weighted by Gasteiger charge is 2.28. The maximum Gasteiger partial charge on any atom is 0.279 e. The first-order valence-electron chi connectivity index (χ1n) is 3.42. The van der Waals surface area contributed by atoms with E-state index in [4.69, 9.17) is 16.4 Å². The summed E-state index contributed by atoms with van der Waals surface area (Å²) in [4.78, 5) is 3.06. The standard InChI is InChI=1S/C6H4ClF3N2O2S/c7-15(13,14)6-4(5(9)10)2(8)1-3(11)12-6/h1,5H,(H2,11,12). The number of rotatable bonds is 2. The van der Waals surface area contributed by atoms with Gasteiger partial charge in [0.25, 0.3) is 15.5 Å². The second-order valence-electron chi connectivity index (χ2n) is 2.49. The van der Waals surface area contributed by atoms with Crippen molar-refractivity contribution in [3.63, 3.8) is 0 Å². The molecule has 4 nitrogen and oxygen atoms in total. The van der Waals surface area contributed by atoms with Gasteiger partial charge in [-0.15, -0.1) is 0 Å². The third kappa shape index (κ3) is 2.51. The maximum absolute atomic E-state index is 13.0. The van der Waals surface area contributed by atoms with Crippen LogP contribution in [0, 0.1) is 5.82 Å². The zero-order chi connectivity index (χ0) is 11.8. The number of nitrogens with two attached hydrogens (primary N) is 1. The van der Waals surface area contributed by atoms with E-state index in [1.54, 1.807) is 0 Å². The zero-order valence-corrected chi connectivity index (χ0v) is 8.49. The largest absolute Gasteiger partial charge is 0.384 e. The van der Waals surface area contributed by atoms with E-state index in [2.05, 4.69) is 4.98 Å². The number of halogens is 4. The molecule has 0 atom stereocenters. The molecule has 0 bridgehead atoms. The van der Waals surface area contributed by atoms with Crippen molar-refractivity contribution in [2.24, 2.45) is 0 Å². The quantitative estimate of drug-likeness (QED) is 0.821. The monoisotopic (exact) mass is 260 g/mol. The minimum absolute atomic E-state index is 0.493. The molecule has 15 heavy (non-hydrogen) atoms. The van der Waals surface area contributed by atoms with E-state index in [-0.39, 0.29) is 0 Å². The highest BCUT2D eigenvalue weighted by Crippen LogP contribution is 2.30. The Morgan fingerprint density at radius 1 is 1.47 bits per heavy atom. The van der Waals surface area contributed by atoms with E-state index in [0.29, 0.717) is 6.07 Å². The van der Waals surface area contributed by atoms with Crippen molar-refractivity contribution in [1.29, 1.82) is 0 Å². The van der Waals surface area contributed by atoms with Crippen LogP contribution in [0.5, 0.6) is 0 Å². The van der Waals surface area contributed by atoms with E-state index in [1.807, 2.05) is 0 Å². The first-order chi connectivity index (χ1) is 6.73. The number of pyridine rings is 1. The van der Waals surface area contributed by atoms with Crippen LogP contribution in [0.2, 0.25) is 0 Å². The van der Waals surface area contributed by atoms with Crippen LogP contribution in [-0.4, -0.2) is 13.4 Å². The molecule has 0 unspecified atom stereocenters. The minimum Gasteiger partial charge on any atom is -0.384 e. The van der Waals surface area contributed by atoms with Gasteiger partial charge in [0.1, 0.15) is 11.6 Å². The molecule has 0 aliphatic carbocycles. The molecule has 84 valence electrons. The van der Waals surface area contributed by atoms with Gasteiger partial charge in [0, 0.05) is 16.7 Å². The fourth-order valence-electron chi connectivity index (χ4n) is 0.903. The summed E-state index contributed by atoms with van der Waals surface area (Å²) < 4.78 is 59.2. The summed E-state index contributed by atoms with van der Waals surface area (Å²) in [5, 5.41) is -1.25. The van der Waals surface area contributed by atoms with Crippen molar-refractivity contribution in [2.75, 3.05) is 5.73 Å². The van der Waals surface area contributed by atoms with Crippen molar-refractivity contribution >= 4 is 25.6 Å². The van der Waals surface area contributed by atoms with Crippen LogP contribution in [0.4, 0.5) is 19.0 Å². The Kier molecular flexibility index (Phi) is 3.10. The summed E-state index contributed by atoms with van der Waals surface area (Å²) in [6.45, 7) is 0. The number of anilines is 1. The summed E-state index contributed by atoms with van der Waals surface area (Å²) in [5.41, 5.74) is 3.63. The number of nitrogens with zero attached hydrogens (tertiary/aromatic N) is 1. The van der Waals surface area contributed by atoms with E-state index < -0.39 is 37.7 Å². The van der Waals surface area contributed by atoms with Gasteiger partial charge in [0.05, 0.1) is 5.56 Å². The van der Waals surface area contributed by atoms with E-state index in [9.17, 15) is 21.6 Å². The molecular weight excluding hydrogens is 257 g/mol. The van der Waals surface area contributed by atoms with Gasteiger partial charge in [0.2, 0.25) is 0 Å². The number of hydrogen-bond acceptors (Lipinski definition) is 4. The number of alkyl halides is 2. The molecule has 0 aromatic carbocycles. The second-order valence-corrected chi connectivity index (χ2v) is 4.97. The highest BCUT2D eigenvalue weighted by molar-refractivity contribution is 8.13. The van der Waals surface area contributed by atoms with Crippen LogP contribution in [0.25, 0.3) is 0 Å². The molecule has 9 heteroatoms. The van der Waals surface area contributed by atoms with Gasteiger partial charge in [0.15, 0.2) is 5.03 Å². The topological polar surface area (TPSA) is 73.1 Å². The molecule has 1 aromatic heterocycles. The average Bonchev–Trinajstić information content (AvgIpc) is 1.99. The maximum atomic E-state index is 13.0. The van der Waals surface area contributed by atoms with Crippen LogP contribution >= 0.6 is 10.7 Å². The summed E-state index contributed by atoms with van der Waals surface area (Å²) in [6.07, 6.45) is -3.35. The molecule has 0 amide bonds. The molecular formula is C6H4ClF3N2O2S. The molecule has 0 aliphatic heterocycles. The number of hydrogen-bond donors (Lipinski definition) is 1. The van der Waals surface area contributed by atoms with E-state index in [0.717, 1.165) is 0 Å². The summed E-state index contributed by atoms with van der Waals surface area (Å²) >= 11 is 0. The van der Waals surface area contributed by atoms with Gasteiger partial charge in [-0.1, -0.05) is 0 Å². The van der Waals surface area contributed by atoms with Crippen LogP contribution < -0.4 is 5.73 Å². The molecule has 0 spiro atoms. The van der Waals surface area contributed by atoms with Gasteiger partial charge < -0.3 is 5.73 Å². The Hall–Kier alpha value is -1.02. The van der Waals surface area contributed by atoms with Crippen molar-refractivity contribution in [1.82, 2.24) is 4.98 Å². The Bertz CT molecular complexity index is 491. The van der Waals surface area contributed by atoms with E-state index >= 15 is 0 Å². The van der Waals surface area contributed by atoms with Crippen LogP contribution in [-0.2, 0) is 9.05 Å². The molecule has 1 aromatic rings. The highest BCUT2D eigenvalue weighted by atomic mass is 35.7. The van der Waals surface area contributed by atoms with Crippen molar-refractivity contribution < 1.29 is 21.6 Å². The molecule has 1 rings (SSSR count). The molecule has 0 saturated carbocycles. The van der Waals surface area contributed by atoms with Crippen LogP contribution in [0.15, 0.2) is 11.1 Å². The molecule has 0 saturated heterocycles. The number of aromatic nitrogens is 1. The molecule has 0 aliphatic rings. The normalized spacial score (nSPS) is 12.1. The third-order valence-corrected chi connectivity index (χ3v) is 2.65. The Morgan fingerprint density at radius 3 is 2.40 bits per heavy atom. The summed E-state index contributed by atoms with van der Waals surface area (Å²) in [5.74, 6) is -2.01. The first kappa shape index (κ1) is 12.1. The average molecular weight is 261 g/mol. The molecule has 0 fully saturated rings. The fraction of sp³-hybridized carbons (Fsp3) is 0.167. The SMILES string of the molecule is Nc1cc(F)c(C(F)F)c(S(=O)(=O)Cl)n1. The third-order valence-electron chi connectivity index (χ3n) is 1.44. The Balaban J connectivity index is 3.62. The van der Waals surface area contributed by atoms with E-state index in [1.165, 1.54) is 0 Å². The van der Waals surface area contributed by atoms with Crippen molar-refractivity contribution in [2.45, 2.75) is 11.5 Å². The Morgan fingerprint density at radius 2 is 2.00 bits per heavy atom. The lowest BCUT2D eigenvalue weighted by molar-refractivity contribution is 0.141. The predicted octanol–water partition coefficient (Wildman–Crippen LogP) is 1.67. The molecule has 1 heterocycles. The lowest BCUT2D eigenvalue weighted by Crippen LogP contribution is -2.07. The van der Waals surface area contributed by atoms with Gasteiger partial charge >= 0.3 is 0 Å². The summed E-state index contributed by atoms with van der Waals surface area (Å²) in [6, 6.07) is 0.493. The van der Waals surface area contributed by atoms with Crippen LogP contribution in [0.1, 0.15) is 12.0 Å². The zero-order valence-electron chi connectivity index (χ0n) is 6.92. The van der Waals surface area contributed by atoms with Crippen LogP contribution in [0.3, 0.4) is 0 Å². The lowest BCUT2D eigenvalue weighted by atomic mass is 10.3. The fourth-order valence-corrected chi connectivity index (χ4v) is 1.92. The Labute approximate surface area is 87.3 Å². The van der Waals surface area contributed by atoms with Gasteiger partial charge in [-0.05, 0) is 0 Å². The molecule has 0 radical (unpaired) electrons. The smallest absolute Gasteiger partial charge is 0.279 e.